The lowest BCUT2D eigenvalue weighted by Gasteiger charge is -2.06. The first-order chi connectivity index (χ1) is 7.72. The number of hydrogen-bond acceptors (Lipinski definition) is 3. The molecule has 2 aromatic rings. The van der Waals surface area contributed by atoms with Gasteiger partial charge in [0.05, 0.1) is 4.47 Å². The molecule has 2 rings (SSSR count). The van der Waals surface area contributed by atoms with Crippen LogP contribution in [-0.4, -0.2) is 17.0 Å². The van der Waals surface area contributed by atoms with Gasteiger partial charge in [0.1, 0.15) is 11.5 Å². The highest BCUT2D eigenvalue weighted by Gasteiger charge is 2.08. The van der Waals surface area contributed by atoms with Crippen LogP contribution < -0.4 is 5.32 Å². The van der Waals surface area contributed by atoms with Crippen molar-refractivity contribution in [2.24, 2.45) is 0 Å². The third-order valence-electron chi connectivity index (χ3n) is 2.13. The van der Waals surface area contributed by atoms with Crippen LogP contribution in [0.25, 0.3) is 11.3 Å². The highest BCUT2D eigenvalue weighted by atomic mass is 79.9. The molecule has 0 radical (unpaired) electrons. The smallest absolute Gasteiger partial charge is 0.152 e. The molecule has 82 valence electrons. The number of benzene rings is 1. The molecular weight excluding hydrogens is 273 g/mol. The molecule has 0 aliphatic heterocycles. The summed E-state index contributed by atoms with van der Waals surface area (Å²) >= 11 is 3.11. The monoisotopic (exact) mass is 281 g/mol. The molecule has 0 fully saturated rings. The van der Waals surface area contributed by atoms with Crippen LogP contribution in [0.5, 0.6) is 0 Å². The highest BCUT2D eigenvalue weighted by Crippen LogP contribution is 2.26. The minimum Gasteiger partial charge on any atom is -0.371 e. The maximum absolute atomic E-state index is 13.4. The van der Waals surface area contributed by atoms with Crippen molar-refractivity contribution < 1.29 is 4.39 Å². The zero-order valence-electron chi connectivity index (χ0n) is 8.54. The Bertz CT molecular complexity index is 516. The Morgan fingerprint density at radius 2 is 2.00 bits per heavy atom. The van der Waals surface area contributed by atoms with Gasteiger partial charge in [0.2, 0.25) is 0 Å². The number of nitrogens with one attached hydrogen (secondary N) is 1. The molecule has 0 bridgehead atoms. The predicted molar refractivity (Wildman–Crippen MR) is 64.7 cm³/mol. The Morgan fingerprint density at radius 3 is 2.69 bits per heavy atom. The molecule has 16 heavy (non-hydrogen) atoms. The lowest BCUT2D eigenvalue weighted by Crippen LogP contribution is -1.97. The Balaban J connectivity index is 2.54. The van der Waals surface area contributed by atoms with Crippen LogP contribution in [-0.2, 0) is 0 Å². The molecule has 0 spiro atoms. The van der Waals surface area contributed by atoms with Crippen molar-refractivity contribution in [3.05, 3.63) is 40.9 Å². The second-order valence-corrected chi connectivity index (χ2v) is 3.99. The van der Waals surface area contributed by atoms with E-state index in [1.165, 1.54) is 6.07 Å². The minimum atomic E-state index is -0.315. The number of hydrogen-bond donors (Lipinski definition) is 1. The molecule has 5 heteroatoms. The van der Waals surface area contributed by atoms with E-state index < -0.39 is 0 Å². The largest absolute Gasteiger partial charge is 0.371 e. The van der Waals surface area contributed by atoms with Crippen molar-refractivity contribution in [3.8, 4) is 11.3 Å². The number of rotatable bonds is 2. The molecule has 0 saturated carbocycles. The van der Waals surface area contributed by atoms with Crippen LogP contribution in [0.4, 0.5) is 10.2 Å². The molecule has 0 aliphatic carbocycles. The Hall–Kier alpha value is -1.49. The number of aromatic nitrogens is 2. The predicted octanol–water partition coefficient (Wildman–Crippen LogP) is 3.09. The van der Waals surface area contributed by atoms with Gasteiger partial charge in [-0.1, -0.05) is 6.07 Å². The lowest BCUT2D eigenvalue weighted by atomic mass is 10.1. The highest BCUT2D eigenvalue weighted by molar-refractivity contribution is 9.10. The molecule has 0 unspecified atom stereocenters. The van der Waals surface area contributed by atoms with Gasteiger partial charge in [-0.05, 0) is 28.1 Å². The maximum Gasteiger partial charge on any atom is 0.152 e. The van der Waals surface area contributed by atoms with Gasteiger partial charge in [-0.25, -0.2) is 9.37 Å². The van der Waals surface area contributed by atoms with Gasteiger partial charge in [0, 0.05) is 25.0 Å². The lowest BCUT2D eigenvalue weighted by molar-refractivity contribution is 0.621. The molecule has 1 aromatic heterocycles. The fourth-order valence-corrected chi connectivity index (χ4v) is 1.62. The summed E-state index contributed by atoms with van der Waals surface area (Å²) in [5, 5.41) is 2.92. The minimum absolute atomic E-state index is 0.315. The van der Waals surface area contributed by atoms with Gasteiger partial charge < -0.3 is 5.32 Å². The van der Waals surface area contributed by atoms with E-state index in [0.29, 0.717) is 21.5 Å². The number of halogens is 2. The summed E-state index contributed by atoms with van der Waals surface area (Å²) in [6.07, 6.45) is 3.17. The van der Waals surface area contributed by atoms with Crippen LogP contribution in [0.15, 0.2) is 35.1 Å². The number of anilines is 1. The second kappa shape index (κ2) is 4.57. The maximum atomic E-state index is 13.4. The summed E-state index contributed by atoms with van der Waals surface area (Å²) in [4.78, 5) is 8.30. The van der Waals surface area contributed by atoms with Crippen LogP contribution in [0.1, 0.15) is 0 Å². The molecule has 0 saturated heterocycles. The van der Waals surface area contributed by atoms with E-state index in [1.54, 1.807) is 31.6 Å². The SMILES string of the molecule is CNc1nccnc1-c1ccc(Br)c(F)c1. The zero-order chi connectivity index (χ0) is 11.5. The van der Waals surface area contributed by atoms with Crippen LogP contribution >= 0.6 is 15.9 Å². The molecule has 1 heterocycles. The normalized spacial score (nSPS) is 10.2. The van der Waals surface area contributed by atoms with Crippen LogP contribution in [0.2, 0.25) is 0 Å². The molecule has 1 aromatic carbocycles. The van der Waals surface area contributed by atoms with E-state index in [2.05, 4.69) is 31.2 Å². The van der Waals surface area contributed by atoms with Crippen molar-refractivity contribution in [1.82, 2.24) is 9.97 Å². The summed E-state index contributed by atoms with van der Waals surface area (Å²) in [6.45, 7) is 0. The Labute approximate surface area is 101 Å². The second-order valence-electron chi connectivity index (χ2n) is 3.13. The quantitative estimate of drug-likeness (QED) is 0.919. The van der Waals surface area contributed by atoms with E-state index in [1.807, 2.05) is 0 Å². The first-order valence-corrected chi connectivity index (χ1v) is 5.46. The molecule has 0 atom stereocenters. The van der Waals surface area contributed by atoms with Crippen LogP contribution in [0, 0.1) is 5.82 Å². The Morgan fingerprint density at radius 1 is 1.25 bits per heavy atom. The van der Waals surface area contributed by atoms with Gasteiger partial charge >= 0.3 is 0 Å². The summed E-state index contributed by atoms with van der Waals surface area (Å²) < 4.78 is 13.8. The van der Waals surface area contributed by atoms with E-state index in [9.17, 15) is 4.39 Å². The average Bonchev–Trinajstić information content (AvgIpc) is 2.32. The van der Waals surface area contributed by atoms with E-state index in [4.69, 9.17) is 0 Å². The van der Waals surface area contributed by atoms with Gasteiger partial charge in [0.25, 0.3) is 0 Å². The van der Waals surface area contributed by atoms with Crippen molar-refractivity contribution in [2.75, 3.05) is 12.4 Å². The van der Waals surface area contributed by atoms with Gasteiger partial charge in [-0.3, -0.25) is 4.98 Å². The Kier molecular flexibility index (Phi) is 3.14. The van der Waals surface area contributed by atoms with E-state index in [-0.39, 0.29) is 5.82 Å². The van der Waals surface area contributed by atoms with E-state index >= 15 is 0 Å². The third kappa shape index (κ3) is 2.04. The summed E-state index contributed by atoms with van der Waals surface area (Å²) in [6, 6.07) is 4.87. The molecule has 0 aliphatic rings. The van der Waals surface area contributed by atoms with Crippen LogP contribution in [0.3, 0.4) is 0 Å². The van der Waals surface area contributed by atoms with Crippen molar-refractivity contribution in [3.63, 3.8) is 0 Å². The van der Waals surface area contributed by atoms with Crippen molar-refractivity contribution in [1.29, 1.82) is 0 Å². The summed E-state index contributed by atoms with van der Waals surface area (Å²) in [5.74, 6) is 0.314. The first kappa shape index (κ1) is 11.0. The summed E-state index contributed by atoms with van der Waals surface area (Å²) in [7, 11) is 1.75. The van der Waals surface area contributed by atoms with Crippen molar-refractivity contribution >= 4 is 21.7 Å². The summed E-state index contributed by atoms with van der Waals surface area (Å²) in [5.41, 5.74) is 1.33. The van der Waals surface area contributed by atoms with E-state index in [0.717, 1.165) is 0 Å². The fraction of sp³-hybridized carbons (Fsp3) is 0.0909. The third-order valence-corrected chi connectivity index (χ3v) is 2.77. The number of nitrogens with zero attached hydrogens (tertiary/aromatic N) is 2. The van der Waals surface area contributed by atoms with Gasteiger partial charge in [-0.15, -0.1) is 0 Å². The van der Waals surface area contributed by atoms with Gasteiger partial charge in [0.15, 0.2) is 5.82 Å². The van der Waals surface area contributed by atoms with Crippen molar-refractivity contribution in [2.45, 2.75) is 0 Å². The standard InChI is InChI=1S/C11H9BrFN3/c1-14-11-10(15-4-5-16-11)7-2-3-8(12)9(13)6-7/h2-6H,1H3,(H,14,16). The zero-order valence-corrected chi connectivity index (χ0v) is 10.1. The fourth-order valence-electron chi connectivity index (χ4n) is 1.38. The molecular formula is C11H9BrFN3. The first-order valence-electron chi connectivity index (χ1n) is 4.66. The molecule has 3 nitrogen and oxygen atoms in total. The van der Waals surface area contributed by atoms with Gasteiger partial charge in [-0.2, -0.15) is 0 Å². The molecule has 1 N–H and O–H groups in total. The topological polar surface area (TPSA) is 37.8 Å². The average molecular weight is 282 g/mol. The molecule has 0 amide bonds.